The molecule has 2 saturated heterocycles. The molecular weight excluding hydrogens is 935 g/mol. The summed E-state index contributed by atoms with van der Waals surface area (Å²) in [5.41, 5.74) is 17.1. The van der Waals surface area contributed by atoms with Crippen molar-refractivity contribution in [2.24, 2.45) is 5.11 Å². The fraction of sp³-hybridized carbons (Fsp3) is 0.311. The molecule has 7 aromatic carbocycles. The van der Waals surface area contributed by atoms with E-state index in [1.54, 1.807) is 0 Å². The molecule has 2 fully saturated rings. The van der Waals surface area contributed by atoms with E-state index < -0.39 is 61.3 Å². The smallest absolute Gasteiger partial charge is 0.187 e. The molecule has 382 valence electrons. The predicted octanol–water partition coefficient (Wildman–Crippen LogP) is 11.5. The van der Waals surface area contributed by atoms with Crippen LogP contribution in [0.25, 0.3) is 10.4 Å². The molecule has 0 unspecified atom stereocenters. The van der Waals surface area contributed by atoms with Crippen molar-refractivity contribution in [2.45, 2.75) is 108 Å². The fourth-order valence-electron chi connectivity index (χ4n) is 9.10. The van der Waals surface area contributed by atoms with E-state index in [0.717, 1.165) is 38.9 Å². The third-order valence-electron chi connectivity index (χ3n) is 12.9. The van der Waals surface area contributed by atoms with Gasteiger partial charge >= 0.3 is 0 Å². The van der Waals surface area contributed by atoms with Crippen LogP contribution in [0.5, 0.6) is 0 Å². The van der Waals surface area contributed by atoms with Gasteiger partial charge in [0.2, 0.25) is 0 Å². The van der Waals surface area contributed by atoms with E-state index in [9.17, 15) is 5.53 Å². The topological polar surface area (TPSA) is 141 Å². The second-order valence-electron chi connectivity index (χ2n) is 18.2. The first-order valence-electron chi connectivity index (χ1n) is 25.2. The third kappa shape index (κ3) is 15.3. The van der Waals surface area contributed by atoms with Gasteiger partial charge in [0.25, 0.3) is 0 Å². The first kappa shape index (κ1) is 52.3. The number of hydrogen-bond donors (Lipinski definition) is 0. The molecule has 10 atom stereocenters. The van der Waals surface area contributed by atoms with Gasteiger partial charge in [0, 0.05) is 4.91 Å². The Bertz CT molecular complexity index is 2690. The zero-order valence-corrected chi connectivity index (χ0v) is 41.3. The molecular formula is C61H63N3O10. The number of azide groups is 1. The van der Waals surface area contributed by atoms with Crippen molar-refractivity contribution in [2.75, 3.05) is 13.2 Å². The van der Waals surface area contributed by atoms with Crippen molar-refractivity contribution in [3.63, 3.8) is 0 Å². The summed E-state index contributed by atoms with van der Waals surface area (Å²) >= 11 is 0. The zero-order chi connectivity index (χ0) is 50.4. The van der Waals surface area contributed by atoms with Crippen LogP contribution in [0.15, 0.2) is 217 Å². The van der Waals surface area contributed by atoms with Crippen LogP contribution in [-0.4, -0.2) is 74.6 Å². The number of ether oxygens (including phenoxy) is 10. The molecule has 13 heteroatoms. The van der Waals surface area contributed by atoms with Crippen molar-refractivity contribution in [1.82, 2.24) is 0 Å². The van der Waals surface area contributed by atoms with Crippen molar-refractivity contribution < 1.29 is 47.4 Å². The van der Waals surface area contributed by atoms with Crippen molar-refractivity contribution in [1.29, 1.82) is 0 Å². The largest absolute Gasteiger partial charge is 0.374 e. The van der Waals surface area contributed by atoms with Crippen molar-refractivity contribution >= 4 is 0 Å². The Morgan fingerprint density at radius 3 is 1.04 bits per heavy atom. The molecule has 0 aromatic heterocycles. The highest BCUT2D eigenvalue weighted by atomic mass is 16.8. The summed E-state index contributed by atoms with van der Waals surface area (Å²) in [6.45, 7) is 1.78. The van der Waals surface area contributed by atoms with Gasteiger partial charge in [-0.25, -0.2) is 0 Å². The van der Waals surface area contributed by atoms with Crippen LogP contribution in [0.4, 0.5) is 0 Å². The summed E-state index contributed by atoms with van der Waals surface area (Å²) < 4.78 is 68.8. The van der Waals surface area contributed by atoms with Crippen LogP contribution in [0.3, 0.4) is 0 Å². The number of rotatable bonds is 26. The monoisotopic (exact) mass is 997 g/mol. The summed E-state index contributed by atoms with van der Waals surface area (Å²) in [7, 11) is 0. The molecule has 7 aromatic rings. The lowest BCUT2D eigenvalue weighted by Crippen LogP contribution is -2.65. The van der Waals surface area contributed by atoms with Gasteiger partial charge in [-0.1, -0.05) is 217 Å². The van der Waals surface area contributed by atoms with E-state index in [1.807, 2.05) is 212 Å². The van der Waals surface area contributed by atoms with Gasteiger partial charge in [0.15, 0.2) is 12.6 Å². The minimum Gasteiger partial charge on any atom is -0.374 e. The summed E-state index contributed by atoms with van der Waals surface area (Å²) in [6, 6.07) is 68.2. The van der Waals surface area contributed by atoms with E-state index in [0.29, 0.717) is 13.2 Å². The zero-order valence-electron chi connectivity index (χ0n) is 41.3. The van der Waals surface area contributed by atoms with E-state index in [2.05, 4.69) is 10.0 Å². The summed E-state index contributed by atoms with van der Waals surface area (Å²) in [5, 5.41) is 4.43. The quantitative estimate of drug-likeness (QED) is 0.0292. The van der Waals surface area contributed by atoms with E-state index >= 15 is 0 Å². The van der Waals surface area contributed by atoms with Crippen LogP contribution in [0.1, 0.15) is 38.9 Å². The molecule has 0 amide bonds. The third-order valence-corrected chi connectivity index (χ3v) is 12.9. The van der Waals surface area contributed by atoms with Crippen LogP contribution >= 0.6 is 0 Å². The Hall–Kier alpha value is -6.55. The van der Waals surface area contributed by atoms with E-state index in [4.69, 9.17) is 47.4 Å². The van der Waals surface area contributed by atoms with Crippen LogP contribution in [0, 0.1) is 0 Å². The van der Waals surface area contributed by atoms with Gasteiger partial charge < -0.3 is 47.4 Å². The normalized spacial score (nSPS) is 23.7. The van der Waals surface area contributed by atoms with Crippen LogP contribution < -0.4 is 0 Å². The van der Waals surface area contributed by atoms with Gasteiger partial charge in [0.1, 0.15) is 48.8 Å². The van der Waals surface area contributed by atoms with E-state index in [-0.39, 0.29) is 46.2 Å². The first-order valence-corrected chi connectivity index (χ1v) is 25.2. The van der Waals surface area contributed by atoms with Gasteiger partial charge in [-0.2, -0.15) is 0 Å². The van der Waals surface area contributed by atoms with Gasteiger partial charge in [0.05, 0.1) is 59.5 Å². The van der Waals surface area contributed by atoms with Gasteiger partial charge in [-0.15, -0.1) is 0 Å². The Labute approximate surface area is 433 Å². The molecule has 0 bridgehead atoms. The molecule has 0 radical (unpaired) electrons. The Kier molecular flexibility index (Phi) is 19.9. The lowest BCUT2D eigenvalue weighted by molar-refractivity contribution is -0.362. The maximum absolute atomic E-state index is 10.4. The second kappa shape index (κ2) is 28.2. The molecule has 0 saturated carbocycles. The van der Waals surface area contributed by atoms with Crippen LogP contribution in [-0.2, 0) is 93.6 Å². The van der Waals surface area contributed by atoms with Crippen LogP contribution in [0.2, 0.25) is 0 Å². The number of nitrogens with zero attached hydrogens (tertiary/aromatic N) is 3. The van der Waals surface area contributed by atoms with Crippen molar-refractivity contribution in [3.05, 3.63) is 262 Å². The average Bonchev–Trinajstić information content (AvgIpc) is 3.46. The summed E-state index contributed by atoms with van der Waals surface area (Å²) in [6.07, 6.45) is -8.24. The maximum atomic E-state index is 10.4. The molecule has 0 aliphatic carbocycles. The summed E-state index contributed by atoms with van der Waals surface area (Å²) in [4.78, 5) is 3.39. The summed E-state index contributed by atoms with van der Waals surface area (Å²) in [5.74, 6) is 0. The van der Waals surface area contributed by atoms with Crippen molar-refractivity contribution in [3.8, 4) is 0 Å². The minimum absolute atomic E-state index is 0.0562. The lowest BCUT2D eigenvalue weighted by Gasteiger charge is -2.49. The Morgan fingerprint density at radius 1 is 0.338 bits per heavy atom. The molecule has 2 heterocycles. The van der Waals surface area contributed by atoms with E-state index in [1.165, 1.54) is 0 Å². The maximum Gasteiger partial charge on any atom is 0.187 e. The van der Waals surface area contributed by atoms with Gasteiger partial charge in [-0.05, 0) is 44.5 Å². The highest BCUT2D eigenvalue weighted by Crippen LogP contribution is 2.37. The first-order chi connectivity index (χ1) is 36.7. The molecule has 2 aliphatic heterocycles. The number of benzene rings is 7. The second-order valence-corrected chi connectivity index (χ2v) is 18.2. The lowest BCUT2D eigenvalue weighted by atomic mass is 9.95. The van der Waals surface area contributed by atoms with Gasteiger partial charge in [-0.3, -0.25) is 0 Å². The molecule has 9 rings (SSSR count). The predicted molar refractivity (Wildman–Crippen MR) is 279 cm³/mol. The Balaban J connectivity index is 1.10. The Morgan fingerprint density at radius 2 is 0.649 bits per heavy atom. The molecule has 13 nitrogen and oxygen atoms in total. The average molecular weight is 998 g/mol. The molecule has 0 N–H and O–H groups in total. The minimum atomic E-state index is -1.25. The number of hydrogen-bond acceptors (Lipinski definition) is 11. The highest BCUT2D eigenvalue weighted by Gasteiger charge is 2.54. The molecule has 74 heavy (non-hydrogen) atoms. The SMILES string of the molecule is [N-]=[N+]=N[C@H]1[C@@H](O[C@H]2[C@H](OCc3ccccc3)[C@@H](OCc3ccccc3)[C@H](OCc3ccccc3)O[C@@H]2COCc2ccccc2)O[C@H](COCc2ccccc2)[C@@H](OCc2ccccc2)[C@@H]1OCc1ccccc1. The standard InChI is InChI=1S/C61H63N3O10/c62-64-63-54-57(68-39-48-28-14-4-15-29-48)55(67-38-47-26-12-3-13-27-47)52(43-65-36-45-22-8-1-9-23-45)72-60(54)74-56-53(44-66-37-46-24-10-2-11-25-46)73-61(71-42-51-34-20-7-21-35-51)59(70-41-50-32-18-6-19-33-50)58(56)69-40-49-30-16-5-17-31-49/h1-35,52-61H,36-44H2/t52-,53-,54-,55-,56-,57-,58+,59-,60-,61-/m1/s1. The molecule has 2 aliphatic rings. The fourth-order valence-corrected chi connectivity index (χ4v) is 9.10. The highest BCUT2D eigenvalue weighted by molar-refractivity contribution is 5.19. The molecule has 0 spiro atoms.